The molecule has 0 atom stereocenters. The molecule has 0 bridgehead atoms. The summed E-state index contributed by atoms with van der Waals surface area (Å²) in [5.74, 6) is 0. The summed E-state index contributed by atoms with van der Waals surface area (Å²) in [4.78, 5) is 2.18. The van der Waals surface area contributed by atoms with Crippen LogP contribution in [0.1, 0.15) is 5.56 Å². The molecule has 0 aliphatic carbocycles. The maximum atomic E-state index is 12.5. The molecule has 5 nitrogen and oxygen atoms in total. The van der Waals surface area contributed by atoms with Gasteiger partial charge in [-0.25, -0.2) is 8.42 Å². The first-order chi connectivity index (χ1) is 11.0. The smallest absolute Gasteiger partial charge is 0.271 e. The van der Waals surface area contributed by atoms with E-state index in [4.69, 9.17) is 16.3 Å². The highest BCUT2D eigenvalue weighted by atomic mass is 35.5. The molecule has 1 aromatic carbocycles. The van der Waals surface area contributed by atoms with Gasteiger partial charge in [-0.3, -0.25) is 4.72 Å². The number of nitrogens with zero attached hydrogens (tertiary/aromatic N) is 1. The summed E-state index contributed by atoms with van der Waals surface area (Å²) in [6, 6.07) is 8.88. The van der Waals surface area contributed by atoms with Crippen LogP contribution in [0.4, 0.5) is 11.4 Å². The van der Waals surface area contributed by atoms with Crippen LogP contribution in [0.5, 0.6) is 0 Å². The molecule has 1 N–H and O–H groups in total. The maximum absolute atomic E-state index is 12.5. The van der Waals surface area contributed by atoms with Gasteiger partial charge in [-0.05, 0) is 36.8 Å². The SMILES string of the molecule is Cc1ccc(N2CCOCC2)cc1NS(=O)(=O)c1ccc(Cl)s1. The van der Waals surface area contributed by atoms with E-state index in [1.165, 1.54) is 6.07 Å². The van der Waals surface area contributed by atoms with Crippen LogP contribution in [0.15, 0.2) is 34.5 Å². The van der Waals surface area contributed by atoms with Crippen molar-refractivity contribution in [3.8, 4) is 0 Å². The first-order valence-electron chi connectivity index (χ1n) is 7.17. The molecule has 2 heterocycles. The quantitative estimate of drug-likeness (QED) is 0.894. The number of ether oxygens (including phenoxy) is 1. The lowest BCUT2D eigenvalue weighted by molar-refractivity contribution is 0.122. The molecule has 8 heteroatoms. The van der Waals surface area contributed by atoms with E-state index in [0.717, 1.165) is 35.7 Å². The summed E-state index contributed by atoms with van der Waals surface area (Å²) in [7, 11) is -3.62. The number of hydrogen-bond acceptors (Lipinski definition) is 5. The van der Waals surface area contributed by atoms with E-state index < -0.39 is 10.0 Å². The predicted molar refractivity (Wildman–Crippen MR) is 94.3 cm³/mol. The molecular formula is C15H17ClN2O3S2. The van der Waals surface area contributed by atoms with Crippen molar-refractivity contribution in [2.45, 2.75) is 11.1 Å². The molecule has 3 rings (SSSR count). The van der Waals surface area contributed by atoms with Crippen LogP contribution in [-0.2, 0) is 14.8 Å². The number of anilines is 2. The van der Waals surface area contributed by atoms with Gasteiger partial charge in [0, 0.05) is 18.8 Å². The van der Waals surface area contributed by atoms with Gasteiger partial charge in [-0.1, -0.05) is 17.7 Å². The van der Waals surface area contributed by atoms with Crippen LogP contribution in [0, 0.1) is 6.92 Å². The van der Waals surface area contributed by atoms with E-state index in [-0.39, 0.29) is 4.21 Å². The molecule has 1 aliphatic rings. The molecule has 1 fully saturated rings. The fourth-order valence-electron chi connectivity index (χ4n) is 2.38. The fourth-order valence-corrected chi connectivity index (χ4v) is 4.98. The summed E-state index contributed by atoms with van der Waals surface area (Å²) in [6.45, 7) is 4.85. The van der Waals surface area contributed by atoms with Crippen LogP contribution in [0.3, 0.4) is 0 Å². The minimum Gasteiger partial charge on any atom is -0.378 e. The van der Waals surface area contributed by atoms with Crippen molar-refractivity contribution >= 4 is 44.3 Å². The number of benzene rings is 1. The molecule has 0 radical (unpaired) electrons. The number of morpholine rings is 1. The van der Waals surface area contributed by atoms with E-state index in [1.807, 2.05) is 25.1 Å². The van der Waals surface area contributed by atoms with Crippen LogP contribution < -0.4 is 9.62 Å². The average molecular weight is 373 g/mol. The topological polar surface area (TPSA) is 58.6 Å². The maximum Gasteiger partial charge on any atom is 0.271 e. The third kappa shape index (κ3) is 3.80. The standard InChI is InChI=1S/C15H17ClN2O3S2/c1-11-2-3-12(18-6-8-21-9-7-18)10-13(11)17-23(19,20)15-5-4-14(16)22-15/h2-5,10,17H,6-9H2,1H3. The summed E-state index contributed by atoms with van der Waals surface area (Å²) in [6.07, 6.45) is 0. The first kappa shape index (κ1) is 16.6. The van der Waals surface area contributed by atoms with Crippen LogP contribution in [0.2, 0.25) is 4.34 Å². The predicted octanol–water partition coefficient (Wildman–Crippen LogP) is 3.35. The highest BCUT2D eigenvalue weighted by molar-refractivity contribution is 7.94. The molecule has 0 unspecified atom stereocenters. The highest BCUT2D eigenvalue weighted by Gasteiger charge is 2.19. The van der Waals surface area contributed by atoms with Crippen molar-refractivity contribution in [2.75, 3.05) is 35.9 Å². The van der Waals surface area contributed by atoms with Gasteiger partial charge < -0.3 is 9.64 Å². The Kier molecular flexibility index (Phi) is 4.82. The van der Waals surface area contributed by atoms with Crippen molar-refractivity contribution < 1.29 is 13.2 Å². The second kappa shape index (κ2) is 6.68. The Morgan fingerprint density at radius 2 is 1.96 bits per heavy atom. The molecule has 0 amide bonds. The molecule has 2 aromatic rings. The molecule has 1 aliphatic heterocycles. The van der Waals surface area contributed by atoms with Gasteiger partial charge in [0.25, 0.3) is 10.0 Å². The third-order valence-corrected chi connectivity index (χ3v) is 6.74. The number of hydrogen-bond donors (Lipinski definition) is 1. The molecule has 0 saturated carbocycles. The normalized spacial score (nSPS) is 15.7. The van der Waals surface area contributed by atoms with Crippen molar-refractivity contribution in [3.05, 3.63) is 40.2 Å². The fraction of sp³-hybridized carbons (Fsp3) is 0.333. The number of thiophene rings is 1. The Morgan fingerprint density at radius 3 is 2.61 bits per heavy atom. The van der Waals surface area contributed by atoms with Gasteiger partial charge >= 0.3 is 0 Å². The molecule has 1 aromatic heterocycles. The molecule has 0 spiro atoms. The highest BCUT2D eigenvalue weighted by Crippen LogP contribution is 2.30. The van der Waals surface area contributed by atoms with E-state index >= 15 is 0 Å². The zero-order valence-electron chi connectivity index (χ0n) is 12.6. The Bertz CT molecular complexity index is 799. The molecule has 124 valence electrons. The van der Waals surface area contributed by atoms with Crippen molar-refractivity contribution in [1.82, 2.24) is 0 Å². The Hall–Kier alpha value is -1.28. The minimum atomic E-state index is -3.62. The van der Waals surface area contributed by atoms with Crippen molar-refractivity contribution in [1.29, 1.82) is 0 Å². The van der Waals surface area contributed by atoms with Crippen LogP contribution in [-0.4, -0.2) is 34.7 Å². The second-order valence-corrected chi connectivity index (χ2v) is 8.89. The van der Waals surface area contributed by atoms with Gasteiger partial charge in [0.1, 0.15) is 4.21 Å². The third-order valence-electron chi connectivity index (χ3n) is 3.66. The van der Waals surface area contributed by atoms with E-state index in [1.54, 1.807) is 6.07 Å². The van der Waals surface area contributed by atoms with Gasteiger partial charge in [0.05, 0.1) is 23.2 Å². The lowest BCUT2D eigenvalue weighted by Gasteiger charge is -2.29. The van der Waals surface area contributed by atoms with E-state index in [0.29, 0.717) is 23.2 Å². The Morgan fingerprint density at radius 1 is 1.22 bits per heavy atom. The lowest BCUT2D eigenvalue weighted by atomic mass is 10.1. The van der Waals surface area contributed by atoms with Crippen molar-refractivity contribution in [2.24, 2.45) is 0 Å². The Balaban J connectivity index is 1.87. The number of sulfonamides is 1. The summed E-state index contributed by atoms with van der Waals surface area (Å²) in [5, 5.41) is 0. The summed E-state index contributed by atoms with van der Waals surface area (Å²) < 4.78 is 33.6. The first-order valence-corrected chi connectivity index (χ1v) is 9.85. The zero-order chi connectivity index (χ0) is 16.4. The number of nitrogens with one attached hydrogen (secondary N) is 1. The molecule has 23 heavy (non-hydrogen) atoms. The van der Waals surface area contributed by atoms with Crippen LogP contribution >= 0.6 is 22.9 Å². The number of rotatable bonds is 4. The number of aryl methyl sites for hydroxylation is 1. The summed E-state index contributed by atoms with van der Waals surface area (Å²) >= 11 is 6.88. The van der Waals surface area contributed by atoms with Crippen molar-refractivity contribution in [3.63, 3.8) is 0 Å². The van der Waals surface area contributed by atoms with Gasteiger partial charge in [-0.2, -0.15) is 0 Å². The lowest BCUT2D eigenvalue weighted by Crippen LogP contribution is -2.36. The van der Waals surface area contributed by atoms with Crippen LogP contribution in [0.25, 0.3) is 0 Å². The van der Waals surface area contributed by atoms with E-state index in [2.05, 4.69) is 9.62 Å². The minimum absolute atomic E-state index is 0.207. The molecular weight excluding hydrogens is 356 g/mol. The molecule has 1 saturated heterocycles. The van der Waals surface area contributed by atoms with Gasteiger partial charge in [0.2, 0.25) is 0 Å². The van der Waals surface area contributed by atoms with Gasteiger partial charge in [-0.15, -0.1) is 11.3 Å². The Labute approximate surface area is 144 Å². The number of halogens is 1. The summed E-state index contributed by atoms with van der Waals surface area (Å²) in [5.41, 5.74) is 2.44. The van der Waals surface area contributed by atoms with E-state index in [9.17, 15) is 8.42 Å². The monoisotopic (exact) mass is 372 g/mol. The average Bonchev–Trinajstić information content (AvgIpc) is 2.98. The zero-order valence-corrected chi connectivity index (χ0v) is 15.0. The van der Waals surface area contributed by atoms with Gasteiger partial charge in [0.15, 0.2) is 0 Å². The largest absolute Gasteiger partial charge is 0.378 e. The second-order valence-electron chi connectivity index (χ2n) is 5.26.